The largest absolute Gasteiger partial charge is 0.479 e. The van der Waals surface area contributed by atoms with E-state index in [4.69, 9.17) is 9.47 Å². The van der Waals surface area contributed by atoms with Gasteiger partial charge in [-0.15, -0.1) is 0 Å². The Morgan fingerprint density at radius 2 is 2.00 bits per heavy atom. The highest BCUT2D eigenvalue weighted by atomic mass is 16.6. The molecule has 0 spiro atoms. The van der Waals surface area contributed by atoms with E-state index in [1.165, 1.54) is 7.05 Å². The Kier molecular flexibility index (Phi) is 3.90. The molecule has 0 aromatic carbocycles. The molecule has 0 bridgehead atoms. The number of ether oxygens (including phenoxy) is 2. The van der Waals surface area contributed by atoms with Crippen molar-refractivity contribution >= 4 is 12.1 Å². The molecule has 18 heavy (non-hydrogen) atoms. The minimum absolute atomic E-state index is 0.263. The molecule has 0 aromatic heterocycles. The van der Waals surface area contributed by atoms with Crippen LogP contribution < -0.4 is 0 Å². The van der Waals surface area contributed by atoms with Crippen LogP contribution in [0.3, 0.4) is 0 Å². The molecule has 0 saturated carbocycles. The van der Waals surface area contributed by atoms with Crippen molar-refractivity contribution < 1.29 is 24.2 Å². The fourth-order valence-electron chi connectivity index (χ4n) is 2.09. The van der Waals surface area contributed by atoms with Crippen LogP contribution in [0.2, 0.25) is 0 Å². The second-order valence-corrected chi connectivity index (χ2v) is 5.53. The summed E-state index contributed by atoms with van der Waals surface area (Å²) < 4.78 is 10.5. The lowest BCUT2D eigenvalue weighted by atomic mass is 9.90. The number of carbonyl (C=O) groups is 2. The Bertz CT molecular complexity index is 349. The number of hydrogen-bond donors (Lipinski definition) is 1. The van der Waals surface area contributed by atoms with Gasteiger partial charge in [-0.3, -0.25) is 4.90 Å². The molecule has 0 aromatic rings. The molecule has 6 heteroatoms. The number of carboxylic acid groups (broad SMARTS) is 1. The zero-order valence-corrected chi connectivity index (χ0v) is 11.5. The summed E-state index contributed by atoms with van der Waals surface area (Å²) in [5.74, 6) is -1.07. The number of hydrogen-bond acceptors (Lipinski definition) is 4. The molecular formula is C12H21NO5. The van der Waals surface area contributed by atoms with Crippen LogP contribution in [0.15, 0.2) is 0 Å². The maximum atomic E-state index is 12.0. The van der Waals surface area contributed by atoms with Gasteiger partial charge < -0.3 is 14.6 Å². The van der Waals surface area contributed by atoms with Crippen molar-refractivity contribution in [1.29, 1.82) is 0 Å². The molecule has 1 aliphatic rings. The van der Waals surface area contributed by atoms with Gasteiger partial charge in [-0.2, -0.15) is 0 Å². The number of carbonyl (C=O) groups excluding carboxylic acids is 1. The molecule has 104 valence electrons. The highest BCUT2D eigenvalue weighted by molar-refractivity contribution is 5.85. The summed E-state index contributed by atoms with van der Waals surface area (Å²) in [6, 6.07) is 0. The van der Waals surface area contributed by atoms with E-state index in [1.807, 2.05) is 0 Å². The van der Waals surface area contributed by atoms with Crippen LogP contribution in [0.4, 0.5) is 4.79 Å². The Morgan fingerprint density at radius 1 is 1.44 bits per heavy atom. The molecule has 1 heterocycles. The summed E-state index contributed by atoms with van der Waals surface area (Å²) in [7, 11) is 1.44. The van der Waals surface area contributed by atoms with Gasteiger partial charge in [0.1, 0.15) is 5.60 Å². The smallest absolute Gasteiger partial charge is 0.411 e. The lowest BCUT2D eigenvalue weighted by molar-refractivity contribution is -0.153. The predicted octanol–water partition coefficient (Wildman–Crippen LogP) is 1.49. The van der Waals surface area contributed by atoms with Crippen LogP contribution in [0.5, 0.6) is 0 Å². The summed E-state index contributed by atoms with van der Waals surface area (Å²) >= 11 is 0. The first-order valence-corrected chi connectivity index (χ1v) is 5.93. The number of aliphatic carboxylic acids is 1. The molecule has 1 fully saturated rings. The molecule has 0 aliphatic carbocycles. The maximum absolute atomic E-state index is 12.0. The number of rotatable bonds is 2. The van der Waals surface area contributed by atoms with Gasteiger partial charge in [0.05, 0.1) is 12.7 Å². The van der Waals surface area contributed by atoms with Gasteiger partial charge in [0.15, 0.2) is 5.54 Å². The van der Waals surface area contributed by atoms with Crippen molar-refractivity contribution in [2.75, 3.05) is 13.7 Å². The third kappa shape index (κ3) is 2.58. The van der Waals surface area contributed by atoms with Crippen molar-refractivity contribution in [2.24, 2.45) is 0 Å². The van der Waals surface area contributed by atoms with Gasteiger partial charge >= 0.3 is 12.1 Å². The van der Waals surface area contributed by atoms with Crippen molar-refractivity contribution in [3.05, 3.63) is 0 Å². The van der Waals surface area contributed by atoms with E-state index in [9.17, 15) is 14.7 Å². The average Bonchev–Trinajstić information content (AvgIpc) is 2.57. The van der Waals surface area contributed by atoms with Crippen LogP contribution in [0.25, 0.3) is 0 Å². The summed E-state index contributed by atoms with van der Waals surface area (Å²) in [4.78, 5) is 24.6. The van der Waals surface area contributed by atoms with E-state index >= 15 is 0 Å². The van der Waals surface area contributed by atoms with E-state index in [2.05, 4.69) is 0 Å². The molecular weight excluding hydrogens is 238 g/mol. The van der Waals surface area contributed by atoms with Gasteiger partial charge in [-0.05, 0) is 27.7 Å². The van der Waals surface area contributed by atoms with E-state index in [1.54, 1.807) is 27.7 Å². The monoisotopic (exact) mass is 259 g/mol. The first-order valence-electron chi connectivity index (χ1n) is 5.93. The zero-order valence-electron chi connectivity index (χ0n) is 11.5. The Balaban J connectivity index is 2.95. The normalized spacial score (nSPS) is 27.9. The van der Waals surface area contributed by atoms with Crippen molar-refractivity contribution in [3.8, 4) is 0 Å². The van der Waals surface area contributed by atoms with Crippen LogP contribution in [-0.2, 0) is 14.3 Å². The molecule has 6 nitrogen and oxygen atoms in total. The summed E-state index contributed by atoms with van der Waals surface area (Å²) in [6.45, 7) is 7.19. The van der Waals surface area contributed by atoms with Gasteiger partial charge in [-0.25, -0.2) is 9.59 Å². The molecule has 0 radical (unpaired) electrons. The predicted molar refractivity (Wildman–Crippen MR) is 64.4 cm³/mol. The highest BCUT2D eigenvalue weighted by Crippen LogP contribution is 2.32. The minimum Gasteiger partial charge on any atom is -0.479 e. The van der Waals surface area contributed by atoms with Crippen molar-refractivity contribution in [1.82, 2.24) is 4.90 Å². The quantitative estimate of drug-likeness (QED) is 0.813. The summed E-state index contributed by atoms with van der Waals surface area (Å²) in [6.07, 6.45) is -0.950. The molecule has 1 saturated heterocycles. The highest BCUT2D eigenvalue weighted by Gasteiger charge is 2.54. The van der Waals surface area contributed by atoms with Crippen molar-refractivity contribution in [2.45, 2.75) is 51.4 Å². The van der Waals surface area contributed by atoms with E-state index in [0.717, 1.165) is 4.90 Å². The SMILES string of the molecule is CC1OCCC1(C(=O)O)N(C)C(=O)OC(C)(C)C. The minimum atomic E-state index is -1.34. The molecule has 1 aliphatic heterocycles. The number of carboxylic acids is 1. The fraction of sp³-hybridized carbons (Fsp3) is 0.833. The topological polar surface area (TPSA) is 76.1 Å². The third-order valence-electron chi connectivity index (χ3n) is 3.16. The summed E-state index contributed by atoms with van der Waals surface area (Å²) in [5.41, 5.74) is -2.00. The van der Waals surface area contributed by atoms with Crippen LogP contribution >= 0.6 is 0 Å². The van der Waals surface area contributed by atoms with Gasteiger partial charge in [0, 0.05) is 13.5 Å². The number of nitrogens with zero attached hydrogens (tertiary/aromatic N) is 1. The van der Waals surface area contributed by atoms with Crippen molar-refractivity contribution in [3.63, 3.8) is 0 Å². The average molecular weight is 259 g/mol. The third-order valence-corrected chi connectivity index (χ3v) is 3.16. The maximum Gasteiger partial charge on any atom is 0.411 e. The van der Waals surface area contributed by atoms with Gasteiger partial charge in [0.2, 0.25) is 0 Å². The second-order valence-electron chi connectivity index (χ2n) is 5.53. The molecule has 1 rings (SSSR count). The lowest BCUT2D eigenvalue weighted by Crippen LogP contribution is -2.60. The fourth-order valence-corrected chi connectivity index (χ4v) is 2.09. The van der Waals surface area contributed by atoms with Crippen LogP contribution in [-0.4, -0.2) is 53.0 Å². The molecule has 1 N–H and O–H groups in total. The van der Waals surface area contributed by atoms with Gasteiger partial charge in [-0.1, -0.05) is 0 Å². The second kappa shape index (κ2) is 4.76. The zero-order chi connectivity index (χ0) is 14.1. The Labute approximate surface area is 107 Å². The molecule has 1 amide bonds. The molecule has 2 unspecified atom stereocenters. The Hall–Kier alpha value is -1.30. The first-order chi connectivity index (χ1) is 8.11. The van der Waals surface area contributed by atoms with Gasteiger partial charge in [0.25, 0.3) is 0 Å². The van der Waals surface area contributed by atoms with Crippen LogP contribution in [0.1, 0.15) is 34.1 Å². The van der Waals surface area contributed by atoms with E-state index < -0.39 is 29.3 Å². The first kappa shape index (κ1) is 14.8. The van der Waals surface area contributed by atoms with E-state index in [0.29, 0.717) is 6.61 Å². The summed E-state index contributed by atoms with van der Waals surface area (Å²) in [5, 5.41) is 9.42. The van der Waals surface area contributed by atoms with Crippen LogP contribution in [0, 0.1) is 0 Å². The number of amides is 1. The van der Waals surface area contributed by atoms with E-state index in [-0.39, 0.29) is 6.42 Å². The lowest BCUT2D eigenvalue weighted by Gasteiger charge is -2.37. The standard InChI is InChI=1S/C12H21NO5/c1-8-12(9(14)15,6-7-17-8)13(5)10(16)18-11(2,3)4/h8H,6-7H2,1-5H3,(H,14,15). The number of likely N-dealkylation sites (N-methyl/N-ethyl adjacent to an activating group) is 1. The molecule has 2 atom stereocenters. The Morgan fingerprint density at radius 3 is 2.33 bits per heavy atom.